The van der Waals surface area contributed by atoms with Crippen LogP contribution in [0.15, 0.2) is 41.8 Å². The molecule has 2 heterocycles. The molecule has 2 amide bonds. The van der Waals surface area contributed by atoms with Gasteiger partial charge < -0.3 is 15.0 Å². The molecule has 1 N–H and O–H groups in total. The fourth-order valence-corrected chi connectivity index (χ4v) is 4.15. The minimum absolute atomic E-state index is 0.0207. The van der Waals surface area contributed by atoms with Crippen molar-refractivity contribution >= 4 is 28.8 Å². The molecule has 2 unspecified atom stereocenters. The first-order valence-electron chi connectivity index (χ1n) is 8.77. The smallest absolute Gasteiger partial charge is 0.227 e. The highest BCUT2D eigenvalue weighted by atomic mass is 32.1. The minimum Gasteiger partial charge on any atom is -0.497 e. The highest BCUT2D eigenvalue weighted by molar-refractivity contribution is 7.10. The number of ether oxygens (including phenoxy) is 1. The molecule has 2 atom stereocenters. The average molecular weight is 372 g/mol. The standard InChI is InChI=1S/C20H24N2O3S/c1-13(2)19(17-5-4-10-26-17)21-20(24)14-11-18(23)22(12-14)15-6-8-16(25-3)9-7-15/h4-10,13-14,19H,11-12H2,1-3H3,(H,21,24). The summed E-state index contributed by atoms with van der Waals surface area (Å²) in [7, 11) is 1.61. The summed E-state index contributed by atoms with van der Waals surface area (Å²) in [5, 5.41) is 5.16. The maximum Gasteiger partial charge on any atom is 0.227 e. The zero-order chi connectivity index (χ0) is 18.7. The first kappa shape index (κ1) is 18.5. The van der Waals surface area contributed by atoms with E-state index < -0.39 is 0 Å². The van der Waals surface area contributed by atoms with E-state index in [-0.39, 0.29) is 36.1 Å². The molecule has 6 heteroatoms. The largest absolute Gasteiger partial charge is 0.497 e. The van der Waals surface area contributed by atoms with E-state index in [1.165, 1.54) is 0 Å². The van der Waals surface area contributed by atoms with Crippen LogP contribution in [0.2, 0.25) is 0 Å². The van der Waals surface area contributed by atoms with Crippen LogP contribution in [-0.2, 0) is 9.59 Å². The fourth-order valence-electron chi connectivity index (χ4n) is 3.20. The number of benzene rings is 1. The molecule has 1 aromatic heterocycles. The lowest BCUT2D eigenvalue weighted by Crippen LogP contribution is -2.37. The molecule has 1 saturated heterocycles. The topological polar surface area (TPSA) is 58.6 Å². The van der Waals surface area contributed by atoms with Crippen LogP contribution in [0.25, 0.3) is 0 Å². The molecule has 1 aromatic carbocycles. The van der Waals surface area contributed by atoms with Crippen LogP contribution in [0.4, 0.5) is 5.69 Å². The Bertz CT molecular complexity index is 756. The number of methoxy groups -OCH3 is 1. The Hall–Kier alpha value is -2.34. The van der Waals surface area contributed by atoms with Crippen molar-refractivity contribution in [2.24, 2.45) is 11.8 Å². The zero-order valence-corrected chi connectivity index (χ0v) is 16.1. The maximum atomic E-state index is 12.8. The third-order valence-electron chi connectivity index (χ3n) is 4.69. The second kappa shape index (κ2) is 7.91. The van der Waals surface area contributed by atoms with E-state index in [0.29, 0.717) is 6.54 Å². The number of carbonyl (C=O) groups is 2. The summed E-state index contributed by atoms with van der Waals surface area (Å²) in [6.07, 6.45) is 0.243. The Morgan fingerprint density at radius 2 is 2.00 bits per heavy atom. The van der Waals surface area contributed by atoms with E-state index in [1.807, 2.05) is 41.8 Å². The Balaban J connectivity index is 1.68. The Morgan fingerprint density at radius 1 is 1.27 bits per heavy atom. The van der Waals surface area contributed by atoms with Crippen LogP contribution in [-0.4, -0.2) is 25.5 Å². The SMILES string of the molecule is COc1ccc(N2CC(C(=O)NC(c3cccs3)C(C)C)CC2=O)cc1. The van der Waals surface area contributed by atoms with Crippen LogP contribution in [0.3, 0.4) is 0 Å². The molecule has 5 nitrogen and oxygen atoms in total. The molecular weight excluding hydrogens is 348 g/mol. The summed E-state index contributed by atoms with van der Waals surface area (Å²) >= 11 is 1.64. The summed E-state index contributed by atoms with van der Waals surface area (Å²) < 4.78 is 5.15. The summed E-state index contributed by atoms with van der Waals surface area (Å²) in [5.41, 5.74) is 0.796. The molecule has 3 rings (SSSR count). The van der Waals surface area contributed by atoms with Crippen molar-refractivity contribution < 1.29 is 14.3 Å². The van der Waals surface area contributed by atoms with E-state index in [1.54, 1.807) is 23.3 Å². The molecule has 0 saturated carbocycles. The number of nitrogens with one attached hydrogen (secondary N) is 1. The van der Waals surface area contributed by atoms with Crippen molar-refractivity contribution in [2.75, 3.05) is 18.6 Å². The number of hydrogen-bond acceptors (Lipinski definition) is 4. The number of hydrogen-bond donors (Lipinski definition) is 1. The van der Waals surface area contributed by atoms with Gasteiger partial charge >= 0.3 is 0 Å². The quantitative estimate of drug-likeness (QED) is 0.842. The fraction of sp³-hybridized carbons (Fsp3) is 0.400. The van der Waals surface area contributed by atoms with Gasteiger partial charge in [0.25, 0.3) is 0 Å². The molecule has 1 aliphatic heterocycles. The second-order valence-electron chi connectivity index (χ2n) is 6.85. The van der Waals surface area contributed by atoms with Gasteiger partial charge in [-0.15, -0.1) is 11.3 Å². The van der Waals surface area contributed by atoms with Gasteiger partial charge in [-0.25, -0.2) is 0 Å². The Labute approximate surface area is 158 Å². The van der Waals surface area contributed by atoms with Gasteiger partial charge in [-0.1, -0.05) is 19.9 Å². The van der Waals surface area contributed by atoms with Crippen molar-refractivity contribution in [1.29, 1.82) is 0 Å². The Morgan fingerprint density at radius 3 is 2.58 bits per heavy atom. The number of thiophene rings is 1. The van der Waals surface area contributed by atoms with Gasteiger partial charge in [0.15, 0.2) is 0 Å². The second-order valence-corrected chi connectivity index (χ2v) is 7.83. The van der Waals surface area contributed by atoms with E-state index in [2.05, 4.69) is 19.2 Å². The van der Waals surface area contributed by atoms with Gasteiger partial charge in [-0.2, -0.15) is 0 Å². The number of carbonyl (C=O) groups excluding carboxylic acids is 2. The predicted octanol–water partition coefficient (Wildman–Crippen LogP) is 3.62. The van der Waals surface area contributed by atoms with Gasteiger partial charge in [0, 0.05) is 23.5 Å². The average Bonchev–Trinajstić information content (AvgIpc) is 3.29. The van der Waals surface area contributed by atoms with Crippen LogP contribution in [0.1, 0.15) is 31.2 Å². The van der Waals surface area contributed by atoms with Crippen molar-refractivity contribution in [3.63, 3.8) is 0 Å². The van der Waals surface area contributed by atoms with E-state index in [4.69, 9.17) is 4.74 Å². The summed E-state index contributed by atoms with van der Waals surface area (Å²) in [5.74, 6) is 0.623. The minimum atomic E-state index is -0.328. The molecule has 138 valence electrons. The maximum absolute atomic E-state index is 12.8. The lowest BCUT2D eigenvalue weighted by Gasteiger charge is -2.23. The van der Waals surface area contributed by atoms with E-state index in [9.17, 15) is 9.59 Å². The third-order valence-corrected chi connectivity index (χ3v) is 5.65. The lowest BCUT2D eigenvalue weighted by atomic mass is 10.0. The summed E-state index contributed by atoms with van der Waals surface area (Å²) in [4.78, 5) is 28.0. The summed E-state index contributed by atoms with van der Waals surface area (Å²) in [6.45, 7) is 4.59. The Kier molecular flexibility index (Phi) is 5.61. The third kappa shape index (κ3) is 3.90. The zero-order valence-electron chi connectivity index (χ0n) is 15.3. The van der Waals surface area contributed by atoms with Crippen molar-refractivity contribution in [3.05, 3.63) is 46.7 Å². The normalized spacial score (nSPS) is 18.2. The van der Waals surface area contributed by atoms with Crippen molar-refractivity contribution in [1.82, 2.24) is 5.32 Å². The molecule has 0 aliphatic carbocycles. The van der Waals surface area contributed by atoms with Crippen LogP contribution < -0.4 is 15.0 Å². The van der Waals surface area contributed by atoms with Crippen LogP contribution in [0.5, 0.6) is 5.75 Å². The van der Waals surface area contributed by atoms with Crippen molar-refractivity contribution in [3.8, 4) is 5.75 Å². The number of rotatable bonds is 6. The molecule has 1 fully saturated rings. The molecule has 0 radical (unpaired) electrons. The first-order valence-corrected chi connectivity index (χ1v) is 9.65. The molecule has 26 heavy (non-hydrogen) atoms. The highest BCUT2D eigenvalue weighted by Crippen LogP contribution is 2.29. The van der Waals surface area contributed by atoms with Gasteiger partial charge in [0.05, 0.1) is 19.1 Å². The van der Waals surface area contributed by atoms with E-state index in [0.717, 1.165) is 16.3 Å². The number of anilines is 1. The molecular formula is C20H24N2O3S. The molecule has 0 spiro atoms. The van der Waals surface area contributed by atoms with Crippen molar-refractivity contribution in [2.45, 2.75) is 26.3 Å². The number of nitrogens with zero attached hydrogens (tertiary/aromatic N) is 1. The summed E-state index contributed by atoms with van der Waals surface area (Å²) in [6, 6.07) is 11.3. The van der Waals surface area contributed by atoms with Crippen LogP contribution >= 0.6 is 11.3 Å². The first-order chi connectivity index (χ1) is 12.5. The van der Waals surface area contributed by atoms with Crippen LogP contribution in [0, 0.1) is 11.8 Å². The lowest BCUT2D eigenvalue weighted by molar-refractivity contribution is -0.127. The highest BCUT2D eigenvalue weighted by Gasteiger charge is 2.36. The molecule has 1 aliphatic rings. The van der Waals surface area contributed by atoms with E-state index >= 15 is 0 Å². The molecule has 2 aromatic rings. The number of amides is 2. The predicted molar refractivity (Wildman–Crippen MR) is 103 cm³/mol. The molecule has 0 bridgehead atoms. The monoisotopic (exact) mass is 372 g/mol. The van der Waals surface area contributed by atoms with Gasteiger partial charge in [-0.3, -0.25) is 9.59 Å². The van der Waals surface area contributed by atoms with Gasteiger partial charge in [-0.05, 0) is 41.6 Å². The van der Waals surface area contributed by atoms with Gasteiger partial charge in [0.2, 0.25) is 11.8 Å². The van der Waals surface area contributed by atoms with Gasteiger partial charge in [0.1, 0.15) is 5.75 Å².